The normalized spacial score (nSPS) is 17.7. The molecule has 5 heteroatoms. The molecular weight excluding hydrogens is 302 g/mol. The summed E-state index contributed by atoms with van der Waals surface area (Å²) < 4.78 is 5.21. The van der Waals surface area contributed by atoms with Gasteiger partial charge >= 0.3 is 0 Å². The van der Waals surface area contributed by atoms with E-state index in [0.717, 1.165) is 24.8 Å². The number of rotatable bonds is 7. The van der Waals surface area contributed by atoms with Gasteiger partial charge in [0.05, 0.1) is 19.7 Å². The number of likely N-dealkylation sites (N-methyl/N-ethyl adjacent to an activating group) is 1. The number of amides is 1. The Morgan fingerprint density at radius 2 is 1.92 bits per heavy atom. The van der Waals surface area contributed by atoms with Gasteiger partial charge in [0.1, 0.15) is 5.75 Å². The Morgan fingerprint density at radius 1 is 1.29 bits per heavy atom. The zero-order valence-corrected chi connectivity index (χ0v) is 15.4. The first-order valence-corrected chi connectivity index (χ1v) is 8.79. The number of ether oxygens (including phenoxy) is 1. The van der Waals surface area contributed by atoms with Crippen LogP contribution >= 0.6 is 0 Å². The minimum absolute atomic E-state index is 0.116. The van der Waals surface area contributed by atoms with Crippen LogP contribution < -0.4 is 10.1 Å². The lowest BCUT2D eigenvalue weighted by Gasteiger charge is -2.30. The van der Waals surface area contributed by atoms with Crippen LogP contribution in [-0.2, 0) is 4.79 Å². The van der Waals surface area contributed by atoms with Crippen molar-refractivity contribution in [2.45, 2.75) is 25.8 Å². The molecule has 134 valence electrons. The molecule has 1 aromatic rings. The second kappa shape index (κ2) is 9.04. The van der Waals surface area contributed by atoms with E-state index in [-0.39, 0.29) is 11.9 Å². The molecule has 2 rings (SSSR count). The van der Waals surface area contributed by atoms with Crippen molar-refractivity contribution in [3.05, 3.63) is 29.8 Å². The number of carbonyl (C=O) groups excluding carboxylic acids is 1. The number of piperidine rings is 1. The molecule has 1 N–H and O–H groups in total. The van der Waals surface area contributed by atoms with E-state index in [2.05, 4.69) is 34.2 Å². The average molecular weight is 333 g/mol. The third-order valence-corrected chi connectivity index (χ3v) is 4.86. The van der Waals surface area contributed by atoms with E-state index in [4.69, 9.17) is 4.74 Å². The van der Waals surface area contributed by atoms with E-state index in [1.165, 1.54) is 18.4 Å². The van der Waals surface area contributed by atoms with Gasteiger partial charge < -0.3 is 15.0 Å². The molecule has 24 heavy (non-hydrogen) atoms. The monoisotopic (exact) mass is 333 g/mol. The highest BCUT2D eigenvalue weighted by Crippen LogP contribution is 2.21. The van der Waals surface area contributed by atoms with Crippen molar-refractivity contribution in [2.24, 2.45) is 5.92 Å². The van der Waals surface area contributed by atoms with E-state index in [1.807, 2.05) is 26.2 Å². The van der Waals surface area contributed by atoms with E-state index >= 15 is 0 Å². The Kier molecular flexibility index (Phi) is 7.06. The van der Waals surface area contributed by atoms with Crippen molar-refractivity contribution in [1.29, 1.82) is 0 Å². The molecule has 1 aliphatic heterocycles. The van der Waals surface area contributed by atoms with E-state index in [0.29, 0.717) is 13.1 Å². The number of hydrogen-bond donors (Lipinski definition) is 1. The van der Waals surface area contributed by atoms with Gasteiger partial charge in [-0.05, 0) is 63.6 Å². The maximum Gasteiger partial charge on any atom is 0.234 e. The molecular formula is C19H31N3O2. The van der Waals surface area contributed by atoms with Crippen molar-refractivity contribution in [3.63, 3.8) is 0 Å². The molecule has 0 spiro atoms. The molecule has 0 saturated carbocycles. The van der Waals surface area contributed by atoms with Gasteiger partial charge in [-0.1, -0.05) is 19.1 Å². The summed E-state index contributed by atoms with van der Waals surface area (Å²) in [6.07, 6.45) is 2.39. The number of nitrogens with one attached hydrogen (secondary N) is 1. The second-order valence-electron chi connectivity index (χ2n) is 7.02. The number of likely N-dealkylation sites (tertiary alicyclic amines) is 1. The summed E-state index contributed by atoms with van der Waals surface area (Å²) in [5.41, 5.74) is 1.17. The van der Waals surface area contributed by atoms with Crippen LogP contribution in [0.25, 0.3) is 0 Å². The van der Waals surface area contributed by atoms with Gasteiger partial charge in [-0.3, -0.25) is 9.69 Å². The molecule has 0 radical (unpaired) electrons. The largest absolute Gasteiger partial charge is 0.497 e. The lowest BCUT2D eigenvalue weighted by Crippen LogP contribution is -2.43. The molecule has 1 aromatic carbocycles. The molecule has 0 aromatic heterocycles. The smallest absolute Gasteiger partial charge is 0.234 e. The van der Waals surface area contributed by atoms with Gasteiger partial charge in [0.15, 0.2) is 0 Å². The van der Waals surface area contributed by atoms with Crippen molar-refractivity contribution in [2.75, 3.05) is 47.4 Å². The fraction of sp³-hybridized carbons (Fsp3) is 0.632. The Hall–Kier alpha value is -1.59. The van der Waals surface area contributed by atoms with Crippen molar-refractivity contribution < 1.29 is 9.53 Å². The maximum atomic E-state index is 12.3. The minimum Gasteiger partial charge on any atom is -0.497 e. The Labute approximate surface area is 146 Å². The van der Waals surface area contributed by atoms with E-state index < -0.39 is 0 Å². The van der Waals surface area contributed by atoms with Crippen LogP contribution in [0.1, 0.15) is 31.4 Å². The molecule has 1 fully saturated rings. The highest BCUT2D eigenvalue weighted by atomic mass is 16.5. The van der Waals surface area contributed by atoms with Gasteiger partial charge in [0.2, 0.25) is 5.91 Å². The Balaban J connectivity index is 1.85. The number of carbonyl (C=O) groups is 1. The molecule has 1 amide bonds. The fourth-order valence-electron chi connectivity index (χ4n) is 3.11. The van der Waals surface area contributed by atoms with Crippen LogP contribution in [0.5, 0.6) is 5.75 Å². The molecule has 0 bridgehead atoms. The average Bonchev–Trinajstić information content (AvgIpc) is 2.57. The van der Waals surface area contributed by atoms with Crippen LogP contribution in [0, 0.1) is 5.92 Å². The topological polar surface area (TPSA) is 44.8 Å². The molecule has 0 aliphatic carbocycles. The molecule has 5 nitrogen and oxygen atoms in total. The SMILES string of the molecule is COc1ccc(C(CNC(=O)CN2CCC(C)CC2)N(C)C)cc1. The number of methoxy groups -OCH3 is 1. The van der Waals surface area contributed by atoms with Crippen molar-refractivity contribution in [1.82, 2.24) is 15.1 Å². The summed E-state index contributed by atoms with van der Waals surface area (Å²) in [5, 5.41) is 3.10. The molecule has 1 aliphatic rings. The first kappa shape index (κ1) is 18.7. The standard InChI is InChI=1S/C19H31N3O2/c1-15-9-11-22(12-10-15)14-19(23)20-13-18(21(2)3)16-5-7-17(24-4)8-6-16/h5-8,15,18H,9-14H2,1-4H3,(H,20,23). The lowest BCUT2D eigenvalue weighted by atomic mass is 9.99. The Morgan fingerprint density at radius 3 is 2.46 bits per heavy atom. The maximum absolute atomic E-state index is 12.3. The van der Waals surface area contributed by atoms with Gasteiger partial charge in [-0.2, -0.15) is 0 Å². The summed E-state index contributed by atoms with van der Waals surface area (Å²) in [7, 11) is 5.74. The quantitative estimate of drug-likeness (QED) is 0.830. The Bertz CT molecular complexity index is 508. The van der Waals surface area contributed by atoms with Crippen LogP contribution in [0.15, 0.2) is 24.3 Å². The summed E-state index contributed by atoms with van der Waals surface area (Å²) in [5.74, 6) is 1.75. The second-order valence-corrected chi connectivity index (χ2v) is 7.02. The summed E-state index contributed by atoms with van der Waals surface area (Å²) >= 11 is 0. The molecule has 1 unspecified atom stereocenters. The van der Waals surface area contributed by atoms with E-state index in [1.54, 1.807) is 7.11 Å². The highest BCUT2D eigenvalue weighted by Gasteiger charge is 2.19. The third-order valence-electron chi connectivity index (χ3n) is 4.86. The number of benzene rings is 1. The summed E-state index contributed by atoms with van der Waals surface area (Å²) in [4.78, 5) is 16.6. The van der Waals surface area contributed by atoms with Gasteiger partial charge in [0.25, 0.3) is 0 Å². The summed E-state index contributed by atoms with van der Waals surface area (Å²) in [6, 6.07) is 8.19. The van der Waals surface area contributed by atoms with Crippen LogP contribution in [0.2, 0.25) is 0 Å². The molecule has 1 saturated heterocycles. The van der Waals surface area contributed by atoms with Gasteiger partial charge in [0, 0.05) is 6.54 Å². The van der Waals surface area contributed by atoms with Gasteiger partial charge in [-0.25, -0.2) is 0 Å². The first-order valence-electron chi connectivity index (χ1n) is 8.79. The van der Waals surface area contributed by atoms with Crippen LogP contribution in [0.4, 0.5) is 0 Å². The first-order chi connectivity index (χ1) is 11.5. The van der Waals surface area contributed by atoms with Gasteiger partial charge in [-0.15, -0.1) is 0 Å². The predicted molar refractivity (Wildman–Crippen MR) is 97.3 cm³/mol. The van der Waals surface area contributed by atoms with Crippen molar-refractivity contribution >= 4 is 5.91 Å². The molecule has 1 heterocycles. The van der Waals surface area contributed by atoms with Crippen LogP contribution in [0.3, 0.4) is 0 Å². The molecule has 1 atom stereocenters. The number of nitrogens with zero attached hydrogens (tertiary/aromatic N) is 2. The van der Waals surface area contributed by atoms with Crippen molar-refractivity contribution in [3.8, 4) is 5.75 Å². The number of hydrogen-bond acceptors (Lipinski definition) is 4. The highest BCUT2D eigenvalue weighted by molar-refractivity contribution is 5.78. The fourth-order valence-corrected chi connectivity index (χ4v) is 3.11. The zero-order valence-electron chi connectivity index (χ0n) is 15.4. The zero-order chi connectivity index (χ0) is 17.5. The van der Waals surface area contributed by atoms with E-state index in [9.17, 15) is 4.79 Å². The lowest BCUT2D eigenvalue weighted by molar-refractivity contribution is -0.122. The van der Waals surface area contributed by atoms with Crippen LogP contribution in [-0.4, -0.2) is 63.1 Å². The summed E-state index contributed by atoms with van der Waals surface area (Å²) in [6.45, 7) is 5.47. The minimum atomic E-state index is 0.116. The predicted octanol–water partition coefficient (Wildman–Crippen LogP) is 2.15. The third kappa shape index (κ3) is 5.49.